The van der Waals surface area contributed by atoms with E-state index in [1.165, 1.54) is 13.2 Å². The summed E-state index contributed by atoms with van der Waals surface area (Å²) in [5.74, 6) is -0.0113. The average Bonchev–Trinajstić information content (AvgIpc) is 2.59. The first kappa shape index (κ1) is 10.2. The van der Waals surface area contributed by atoms with Crippen LogP contribution < -0.4 is 9.64 Å². The third kappa shape index (κ3) is 1.77. The lowest BCUT2D eigenvalue weighted by Gasteiger charge is -2.06. The highest BCUT2D eigenvalue weighted by Gasteiger charge is 2.08. The molecule has 0 N–H and O–H groups in total. The summed E-state index contributed by atoms with van der Waals surface area (Å²) in [4.78, 5) is 2.01. The second-order valence-electron chi connectivity index (χ2n) is 3.50. The predicted molar refractivity (Wildman–Crippen MR) is 62.7 cm³/mol. The number of rotatable bonds is 2. The molecule has 0 atom stereocenters. The van der Waals surface area contributed by atoms with Crippen molar-refractivity contribution in [1.29, 1.82) is 0 Å². The molecule has 0 radical (unpaired) electrons. The Hall–Kier alpha value is -1.29. The minimum Gasteiger partial charge on any atom is -0.494 e. The van der Waals surface area contributed by atoms with Gasteiger partial charge in [0.15, 0.2) is 11.6 Å². The summed E-state index contributed by atoms with van der Waals surface area (Å²) >= 11 is 1.62. The van der Waals surface area contributed by atoms with Gasteiger partial charge in [0.2, 0.25) is 0 Å². The Labute approximate surface area is 91.9 Å². The molecule has 1 heterocycles. The van der Waals surface area contributed by atoms with E-state index in [9.17, 15) is 4.39 Å². The Kier molecular flexibility index (Phi) is 2.52. The van der Waals surface area contributed by atoms with Crippen molar-refractivity contribution >= 4 is 26.4 Å². The van der Waals surface area contributed by atoms with E-state index in [2.05, 4.69) is 0 Å². The fourth-order valence-electron chi connectivity index (χ4n) is 1.40. The molecule has 0 saturated carbocycles. The van der Waals surface area contributed by atoms with Gasteiger partial charge in [-0.3, -0.25) is 0 Å². The summed E-state index contributed by atoms with van der Waals surface area (Å²) in [6.07, 6.45) is 0. The maximum Gasteiger partial charge on any atom is 0.165 e. The fraction of sp³-hybridized carbons (Fsp3) is 0.273. The molecule has 2 nitrogen and oxygen atoms in total. The second kappa shape index (κ2) is 3.70. The smallest absolute Gasteiger partial charge is 0.165 e. The van der Waals surface area contributed by atoms with E-state index in [4.69, 9.17) is 4.74 Å². The molecule has 0 amide bonds. The monoisotopic (exact) mass is 225 g/mol. The summed E-state index contributed by atoms with van der Waals surface area (Å²) in [7, 11) is 5.42. The molecular weight excluding hydrogens is 213 g/mol. The lowest BCUT2D eigenvalue weighted by molar-refractivity contribution is 0.387. The van der Waals surface area contributed by atoms with Crippen LogP contribution in [0.3, 0.4) is 0 Å². The highest BCUT2D eigenvalue weighted by molar-refractivity contribution is 7.22. The second-order valence-corrected chi connectivity index (χ2v) is 4.57. The minimum atomic E-state index is -0.312. The summed E-state index contributed by atoms with van der Waals surface area (Å²) < 4.78 is 19.4. The van der Waals surface area contributed by atoms with Crippen molar-refractivity contribution < 1.29 is 9.13 Å². The number of ether oxygens (including phenoxy) is 1. The van der Waals surface area contributed by atoms with E-state index in [1.807, 2.05) is 25.1 Å². The van der Waals surface area contributed by atoms with Crippen molar-refractivity contribution in [3.8, 4) is 5.75 Å². The maximum atomic E-state index is 13.4. The average molecular weight is 225 g/mol. The molecule has 0 aliphatic rings. The van der Waals surface area contributed by atoms with E-state index in [-0.39, 0.29) is 5.82 Å². The number of fused-ring (bicyclic) bond motifs is 1. The van der Waals surface area contributed by atoms with Gasteiger partial charge in [0.05, 0.1) is 12.1 Å². The van der Waals surface area contributed by atoms with Crippen LogP contribution in [0.5, 0.6) is 5.75 Å². The number of halogens is 1. The van der Waals surface area contributed by atoms with Gasteiger partial charge in [-0.25, -0.2) is 4.39 Å². The van der Waals surface area contributed by atoms with Gasteiger partial charge in [-0.05, 0) is 17.5 Å². The van der Waals surface area contributed by atoms with Crippen molar-refractivity contribution in [2.24, 2.45) is 0 Å². The number of anilines is 1. The molecule has 4 heteroatoms. The molecule has 2 rings (SSSR count). The van der Waals surface area contributed by atoms with Gasteiger partial charge in [-0.2, -0.15) is 0 Å². The molecule has 1 aromatic carbocycles. The highest BCUT2D eigenvalue weighted by Crippen LogP contribution is 2.35. The highest BCUT2D eigenvalue weighted by atomic mass is 32.1. The molecule has 2 aromatic rings. The molecule has 0 fully saturated rings. The molecule has 0 bridgehead atoms. The molecule has 0 aliphatic carbocycles. The first-order valence-electron chi connectivity index (χ1n) is 4.56. The molecule has 0 aliphatic heterocycles. The first-order valence-corrected chi connectivity index (χ1v) is 5.38. The van der Waals surface area contributed by atoms with Crippen LogP contribution in [0.2, 0.25) is 0 Å². The Morgan fingerprint density at radius 1 is 1.27 bits per heavy atom. The summed E-state index contributed by atoms with van der Waals surface area (Å²) in [5, 5.41) is 2.03. The van der Waals surface area contributed by atoms with Gasteiger partial charge in [0.1, 0.15) is 0 Å². The molecule has 80 valence electrons. The van der Waals surface area contributed by atoms with Crippen molar-refractivity contribution in [1.82, 2.24) is 0 Å². The van der Waals surface area contributed by atoms with E-state index < -0.39 is 0 Å². The van der Waals surface area contributed by atoms with Crippen molar-refractivity contribution in [3.05, 3.63) is 24.0 Å². The standard InChI is InChI=1S/C11H12FNOS/c1-13(2)11-5-7-4-8(12)9(14-3)6-10(7)15-11/h4-6H,1-3H3. The molecule has 0 saturated heterocycles. The Morgan fingerprint density at radius 2 is 2.00 bits per heavy atom. The number of benzene rings is 1. The Morgan fingerprint density at radius 3 is 2.60 bits per heavy atom. The maximum absolute atomic E-state index is 13.4. The van der Waals surface area contributed by atoms with Crippen LogP contribution in [-0.2, 0) is 0 Å². The summed E-state index contributed by atoms with van der Waals surface area (Å²) in [5.41, 5.74) is 0. The van der Waals surface area contributed by atoms with Gasteiger partial charge >= 0.3 is 0 Å². The van der Waals surface area contributed by atoms with Crippen LogP contribution in [0.15, 0.2) is 18.2 Å². The van der Waals surface area contributed by atoms with Crippen LogP contribution in [0.25, 0.3) is 10.1 Å². The Balaban J connectivity index is 2.61. The van der Waals surface area contributed by atoms with Crippen LogP contribution in [-0.4, -0.2) is 21.2 Å². The van der Waals surface area contributed by atoms with E-state index >= 15 is 0 Å². The zero-order chi connectivity index (χ0) is 11.0. The molecule has 1 aromatic heterocycles. The largest absolute Gasteiger partial charge is 0.494 e. The zero-order valence-electron chi connectivity index (χ0n) is 8.87. The summed E-state index contributed by atoms with van der Waals surface area (Å²) in [6, 6.07) is 5.22. The quantitative estimate of drug-likeness (QED) is 0.778. The van der Waals surface area contributed by atoms with Gasteiger partial charge in [0, 0.05) is 24.9 Å². The molecule has 15 heavy (non-hydrogen) atoms. The van der Waals surface area contributed by atoms with E-state index in [1.54, 1.807) is 17.4 Å². The van der Waals surface area contributed by atoms with E-state index in [0.717, 1.165) is 15.1 Å². The third-order valence-corrected chi connectivity index (χ3v) is 3.48. The number of hydrogen-bond donors (Lipinski definition) is 0. The van der Waals surface area contributed by atoms with Crippen molar-refractivity contribution in [2.75, 3.05) is 26.1 Å². The van der Waals surface area contributed by atoms with Crippen LogP contribution in [0, 0.1) is 5.82 Å². The molecular formula is C11H12FNOS. The SMILES string of the molecule is COc1cc2sc(N(C)C)cc2cc1F. The van der Waals surface area contributed by atoms with Gasteiger partial charge < -0.3 is 9.64 Å². The first-order chi connectivity index (χ1) is 7.11. The lowest BCUT2D eigenvalue weighted by atomic mass is 10.2. The fourth-order valence-corrected chi connectivity index (χ4v) is 2.40. The molecule has 0 spiro atoms. The summed E-state index contributed by atoms with van der Waals surface area (Å²) in [6.45, 7) is 0. The number of hydrogen-bond acceptors (Lipinski definition) is 3. The minimum absolute atomic E-state index is 0.301. The van der Waals surface area contributed by atoms with Crippen LogP contribution in [0.1, 0.15) is 0 Å². The van der Waals surface area contributed by atoms with Gasteiger partial charge in [-0.15, -0.1) is 11.3 Å². The predicted octanol–water partition coefficient (Wildman–Crippen LogP) is 3.12. The van der Waals surface area contributed by atoms with Crippen molar-refractivity contribution in [3.63, 3.8) is 0 Å². The topological polar surface area (TPSA) is 12.5 Å². The van der Waals surface area contributed by atoms with Crippen LogP contribution in [0.4, 0.5) is 9.39 Å². The van der Waals surface area contributed by atoms with Crippen LogP contribution >= 0.6 is 11.3 Å². The normalized spacial score (nSPS) is 10.7. The van der Waals surface area contributed by atoms with Gasteiger partial charge in [0.25, 0.3) is 0 Å². The molecule has 0 unspecified atom stereocenters. The zero-order valence-corrected chi connectivity index (χ0v) is 9.69. The lowest BCUT2D eigenvalue weighted by Crippen LogP contribution is -2.05. The van der Waals surface area contributed by atoms with E-state index in [0.29, 0.717) is 5.75 Å². The number of nitrogens with zero attached hydrogens (tertiary/aromatic N) is 1. The Bertz CT molecular complexity index is 493. The van der Waals surface area contributed by atoms with Crippen molar-refractivity contribution in [2.45, 2.75) is 0 Å². The third-order valence-electron chi connectivity index (χ3n) is 2.22. The number of methoxy groups -OCH3 is 1. The van der Waals surface area contributed by atoms with Gasteiger partial charge in [-0.1, -0.05) is 0 Å². The number of thiophene rings is 1.